The van der Waals surface area contributed by atoms with Crippen LogP contribution in [0.3, 0.4) is 0 Å². The van der Waals surface area contributed by atoms with Crippen LogP contribution < -0.4 is 5.49 Å². The first-order chi connectivity index (χ1) is 13.9. The SMILES string of the molecule is CCN(CC)Cc1cnc2ccc(SC(=N)n3nc(C(C)=N)ccc3=N)cc2c1. The molecule has 3 rings (SSSR count). The molecule has 0 fully saturated rings. The molecule has 0 bridgehead atoms. The quantitative estimate of drug-likeness (QED) is 0.329. The van der Waals surface area contributed by atoms with Crippen molar-refractivity contribution in [2.24, 2.45) is 0 Å². The molecule has 0 saturated carbocycles. The standard InChI is InChI=1S/C21H25N7S/c1-4-27(5-2)13-15-10-16-11-17(6-7-19(16)25-12-15)29-21(24)28-20(23)9-8-18(26-28)14(3)22/h6-12,22-24H,4-5,13H2,1-3H3. The molecule has 0 spiro atoms. The van der Waals surface area contributed by atoms with Gasteiger partial charge in [0.2, 0.25) is 0 Å². The molecule has 3 N–H and O–H groups in total. The molecule has 0 saturated heterocycles. The van der Waals surface area contributed by atoms with E-state index in [-0.39, 0.29) is 10.7 Å². The number of benzene rings is 1. The Hall–Kier alpha value is -2.84. The molecule has 29 heavy (non-hydrogen) atoms. The summed E-state index contributed by atoms with van der Waals surface area (Å²) in [5.41, 5.74) is 2.94. The van der Waals surface area contributed by atoms with E-state index in [0.29, 0.717) is 11.4 Å². The Morgan fingerprint density at radius 2 is 1.86 bits per heavy atom. The van der Waals surface area contributed by atoms with Crippen molar-refractivity contribution >= 4 is 33.5 Å². The first kappa shape index (κ1) is 20.9. The molecule has 0 atom stereocenters. The predicted octanol–water partition coefficient (Wildman–Crippen LogP) is 3.72. The van der Waals surface area contributed by atoms with Crippen molar-refractivity contribution in [3.63, 3.8) is 0 Å². The van der Waals surface area contributed by atoms with Crippen LogP contribution in [0.4, 0.5) is 0 Å². The van der Waals surface area contributed by atoms with E-state index in [0.717, 1.165) is 41.0 Å². The van der Waals surface area contributed by atoms with Gasteiger partial charge in [0.05, 0.1) is 11.2 Å². The van der Waals surface area contributed by atoms with Crippen molar-refractivity contribution in [2.45, 2.75) is 32.2 Å². The Kier molecular flexibility index (Phi) is 6.56. The molecule has 0 amide bonds. The molecule has 2 heterocycles. The molecular weight excluding hydrogens is 382 g/mol. The van der Waals surface area contributed by atoms with Crippen molar-refractivity contribution in [2.75, 3.05) is 13.1 Å². The van der Waals surface area contributed by atoms with Gasteiger partial charge in [0.15, 0.2) is 5.17 Å². The van der Waals surface area contributed by atoms with E-state index in [2.05, 4.69) is 34.9 Å². The number of thioether (sulfide) groups is 1. The average molecular weight is 408 g/mol. The second-order valence-electron chi connectivity index (χ2n) is 6.71. The van der Waals surface area contributed by atoms with E-state index < -0.39 is 0 Å². The fraction of sp³-hybridized carbons (Fsp3) is 0.286. The van der Waals surface area contributed by atoms with E-state index in [9.17, 15) is 0 Å². The van der Waals surface area contributed by atoms with E-state index in [4.69, 9.17) is 16.2 Å². The van der Waals surface area contributed by atoms with Crippen molar-refractivity contribution in [1.29, 1.82) is 16.2 Å². The zero-order chi connectivity index (χ0) is 21.0. The second-order valence-corrected chi connectivity index (χ2v) is 7.77. The van der Waals surface area contributed by atoms with Crippen LogP contribution in [0.2, 0.25) is 0 Å². The summed E-state index contributed by atoms with van der Waals surface area (Å²) in [5.74, 6) is 0. The Morgan fingerprint density at radius 3 is 2.55 bits per heavy atom. The largest absolute Gasteiger partial charge is 0.303 e. The number of rotatable bonds is 6. The van der Waals surface area contributed by atoms with Crippen LogP contribution in [0.15, 0.2) is 47.5 Å². The van der Waals surface area contributed by atoms with Crippen LogP contribution in [-0.4, -0.2) is 43.6 Å². The highest BCUT2D eigenvalue weighted by atomic mass is 32.2. The van der Waals surface area contributed by atoms with Gasteiger partial charge in [-0.3, -0.25) is 20.7 Å². The van der Waals surface area contributed by atoms with Crippen LogP contribution in [-0.2, 0) is 6.54 Å². The molecule has 0 aliphatic rings. The summed E-state index contributed by atoms with van der Waals surface area (Å²) in [6.07, 6.45) is 1.92. The number of nitrogens with one attached hydrogen (secondary N) is 3. The van der Waals surface area contributed by atoms with Gasteiger partial charge in [0.25, 0.3) is 0 Å². The summed E-state index contributed by atoms with van der Waals surface area (Å²) in [4.78, 5) is 7.79. The van der Waals surface area contributed by atoms with Crippen molar-refractivity contribution < 1.29 is 0 Å². The van der Waals surface area contributed by atoms with Crippen molar-refractivity contribution in [3.8, 4) is 0 Å². The van der Waals surface area contributed by atoms with Crippen LogP contribution in [0.25, 0.3) is 10.9 Å². The lowest BCUT2D eigenvalue weighted by molar-refractivity contribution is 0.295. The first-order valence-electron chi connectivity index (χ1n) is 9.49. The van der Waals surface area contributed by atoms with Gasteiger partial charge in [-0.2, -0.15) is 9.78 Å². The Balaban J connectivity index is 1.86. The van der Waals surface area contributed by atoms with Gasteiger partial charge in [0.1, 0.15) is 11.2 Å². The second kappa shape index (κ2) is 9.11. The minimum absolute atomic E-state index is 0.108. The lowest BCUT2D eigenvalue weighted by Gasteiger charge is -2.18. The Bertz CT molecular complexity index is 1120. The highest BCUT2D eigenvalue weighted by molar-refractivity contribution is 8.13. The minimum Gasteiger partial charge on any atom is -0.303 e. The third-order valence-corrected chi connectivity index (χ3v) is 5.49. The highest BCUT2D eigenvalue weighted by Gasteiger charge is 2.09. The fourth-order valence-corrected chi connectivity index (χ4v) is 3.71. The summed E-state index contributed by atoms with van der Waals surface area (Å²) in [7, 11) is 0. The van der Waals surface area contributed by atoms with Crippen LogP contribution in [0.1, 0.15) is 32.0 Å². The van der Waals surface area contributed by atoms with E-state index >= 15 is 0 Å². The number of pyridine rings is 1. The van der Waals surface area contributed by atoms with Gasteiger partial charge in [-0.05, 0) is 62.0 Å². The molecule has 0 aliphatic carbocycles. The average Bonchev–Trinajstić information content (AvgIpc) is 2.71. The summed E-state index contributed by atoms with van der Waals surface area (Å²) < 4.78 is 1.25. The van der Waals surface area contributed by atoms with E-state index in [1.165, 1.54) is 16.4 Å². The molecule has 0 unspecified atom stereocenters. The van der Waals surface area contributed by atoms with Gasteiger partial charge in [-0.15, -0.1) is 0 Å². The summed E-state index contributed by atoms with van der Waals surface area (Å²) in [6.45, 7) is 8.80. The lowest BCUT2D eigenvalue weighted by Crippen LogP contribution is -2.28. The maximum atomic E-state index is 8.39. The maximum absolute atomic E-state index is 8.39. The zero-order valence-corrected chi connectivity index (χ0v) is 17.7. The van der Waals surface area contributed by atoms with E-state index in [1.54, 1.807) is 19.1 Å². The summed E-state index contributed by atoms with van der Waals surface area (Å²) in [5, 5.41) is 29.5. The van der Waals surface area contributed by atoms with Gasteiger partial charge < -0.3 is 5.41 Å². The van der Waals surface area contributed by atoms with Gasteiger partial charge in [0, 0.05) is 23.0 Å². The predicted molar refractivity (Wildman–Crippen MR) is 118 cm³/mol. The smallest absolute Gasteiger partial charge is 0.188 e. The number of hydrogen-bond donors (Lipinski definition) is 3. The minimum atomic E-state index is 0.108. The zero-order valence-electron chi connectivity index (χ0n) is 16.9. The molecule has 0 radical (unpaired) electrons. The normalized spacial score (nSPS) is 11.2. The van der Waals surface area contributed by atoms with Crippen molar-refractivity contribution in [3.05, 3.63) is 59.3 Å². The Labute approximate surface area is 174 Å². The molecule has 0 aliphatic heterocycles. The number of nitrogens with zero attached hydrogens (tertiary/aromatic N) is 4. The topological polar surface area (TPSA) is 106 Å². The number of fused-ring (bicyclic) bond motifs is 1. The van der Waals surface area contributed by atoms with Crippen molar-refractivity contribution in [1.82, 2.24) is 19.7 Å². The molecule has 3 aromatic rings. The summed E-state index contributed by atoms with van der Waals surface area (Å²) in [6, 6.07) is 11.2. The van der Waals surface area contributed by atoms with E-state index in [1.807, 2.05) is 24.4 Å². The molecule has 1 aromatic carbocycles. The first-order valence-corrected chi connectivity index (χ1v) is 10.3. The van der Waals surface area contributed by atoms with Crippen LogP contribution >= 0.6 is 11.8 Å². The fourth-order valence-electron chi connectivity index (χ4n) is 2.94. The van der Waals surface area contributed by atoms with Gasteiger partial charge in [-0.25, -0.2) is 0 Å². The molecule has 7 nitrogen and oxygen atoms in total. The third-order valence-electron chi connectivity index (χ3n) is 4.64. The Morgan fingerprint density at radius 1 is 1.10 bits per heavy atom. The molecular formula is C21H25N7S. The van der Waals surface area contributed by atoms with Crippen LogP contribution in [0, 0.1) is 16.2 Å². The maximum Gasteiger partial charge on any atom is 0.188 e. The monoisotopic (exact) mass is 407 g/mol. The highest BCUT2D eigenvalue weighted by Crippen LogP contribution is 2.24. The number of hydrogen-bond acceptors (Lipinski definition) is 7. The van der Waals surface area contributed by atoms with Crippen LogP contribution in [0.5, 0.6) is 0 Å². The van der Waals surface area contributed by atoms with Gasteiger partial charge in [-0.1, -0.05) is 25.6 Å². The molecule has 150 valence electrons. The number of aromatic nitrogens is 3. The third kappa shape index (κ3) is 4.96. The summed E-state index contributed by atoms with van der Waals surface area (Å²) >= 11 is 1.23. The van der Waals surface area contributed by atoms with Gasteiger partial charge >= 0.3 is 0 Å². The molecule has 2 aromatic heterocycles. The lowest BCUT2D eigenvalue weighted by atomic mass is 10.1. The molecule has 8 heteroatoms.